The molecule has 2 atom stereocenters. The Hall–Kier alpha value is -6.31. The summed E-state index contributed by atoms with van der Waals surface area (Å²) in [6.45, 7) is 10.5. The van der Waals surface area contributed by atoms with Crippen LogP contribution in [0.5, 0.6) is 5.75 Å². The second-order valence-corrected chi connectivity index (χ2v) is 17.3. The molecule has 66 heavy (non-hydrogen) atoms. The Kier molecular flexibility index (Phi) is 14.2. The van der Waals surface area contributed by atoms with Crippen molar-refractivity contribution in [1.29, 1.82) is 0 Å². The first-order valence-corrected chi connectivity index (χ1v) is 22.7. The van der Waals surface area contributed by atoms with Gasteiger partial charge in [-0.25, -0.2) is 4.98 Å². The minimum absolute atomic E-state index is 0.0504. The maximum Gasteiger partial charge on any atom is 0.264 e. The third-order valence-electron chi connectivity index (χ3n) is 11.1. The molecule has 8 rings (SSSR count). The molecule has 3 aromatic heterocycles. The molecule has 3 amide bonds. The minimum Gasteiger partial charge on any atom is -0.491 e. The number of aryl methyl sites for hydroxylation is 3. The number of benzene rings is 3. The van der Waals surface area contributed by atoms with Gasteiger partial charge >= 0.3 is 0 Å². The maximum atomic E-state index is 13.7. The Morgan fingerprint density at radius 3 is 2.33 bits per heavy atom. The van der Waals surface area contributed by atoms with Crippen molar-refractivity contribution in [1.82, 2.24) is 29.6 Å². The molecule has 0 radical (unpaired) electrons. The molecular weight excluding hydrogens is 886 g/mol. The Morgan fingerprint density at radius 2 is 1.61 bits per heavy atom. The fraction of sp³-hybridized carbons (Fsp3) is 0.362. The van der Waals surface area contributed by atoms with Gasteiger partial charge in [-0.15, -0.1) is 21.5 Å². The molecule has 17 nitrogen and oxygen atoms in total. The van der Waals surface area contributed by atoms with E-state index >= 15 is 0 Å². The SMILES string of the molecule is [2H]C1(n2c(C)nc3cccc(NCCOCCOCCOCCOc4ccc(NC(=O)CC5N=C(c6ccc(Cl)cc6)c6c(sc(C)c6C)-n6c(C)nnc65)cc4)c3c2=O)CCC(=O)NC1=O. The number of hydrogen-bond donors (Lipinski definition) is 3. The zero-order valence-electron chi connectivity index (χ0n) is 37.9. The lowest BCUT2D eigenvalue weighted by Crippen LogP contribution is -2.45. The van der Waals surface area contributed by atoms with Crippen LogP contribution < -0.4 is 26.2 Å². The molecule has 3 aromatic carbocycles. The van der Waals surface area contributed by atoms with Crippen molar-refractivity contribution in [3.8, 4) is 10.8 Å². The fourth-order valence-corrected chi connectivity index (χ4v) is 9.14. The normalized spacial score (nSPS) is 17.1. The van der Waals surface area contributed by atoms with Gasteiger partial charge in [-0.2, -0.15) is 0 Å². The van der Waals surface area contributed by atoms with Crippen molar-refractivity contribution in [3.05, 3.63) is 121 Å². The number of carbonyl (C=O) groups is 3. The average molecular weight is 937 g/mol. The van der Waals surface area contributed by atoms with E-state index in [1.54, 1.807) is 60.7 Å². The van der Waals surface area contributed by atoms with Gasteiger partial charge < -0.3 is 29.6 Å². The smallest absolute Gasteiger partial charge is 0.264 e. The van der Waals surface area contributed by atoms with Crippen LogP contribution in [0, 0.1) is 27.7 Å². The predicted octanol–water partition coefficient (Wildman–Crippen LogP) is 6.37. The van der Waals surface area contributed by atoms with Gasteiger partial charge in [0.15, 0.2) is 5.82 Å². The number of hydrogen-bond acceptors (Lipinski definition) is 14. The number of amides is 3. The minimum atomic E-state index is -1.98. The van der Waals surface area contributed by atoms with E-state index in [2.05, 4.69) is 45.0 Å². The highest BCUT2D eigenvalue weighted by atomic mass is 35.5. The molecule has 1 saturated heterocycles. The van der Waals surface area contributed by atoms with Gasteiger partial charge in [0.1, 0.15) is 41.1 Å². The monoisotopic (exact) mass is 936 g/mol. The van der Waals surface area contributed by atoms with Crippen molar-refractivity contribution in [3.63, 3.8) is 0 Å². The summed E-state index contributed by atoms with van der Waals surface area (Å²) in [4.78, 5) is 62.5. The van der Waals surface area contributed by atoms with Crippen LogP contribution in [-0.2, 0) is 28.6 Å². The van der Waals surface area contributed by atoms with Gasteiger partial charge in [-0.1, -0.05) is 29.8 Å². The summed E-state index contributed by atoms with van der Waals surface area (Å²) < 4.78 is 34.7. The van der Waals surface area contributed by atoms with E-state index in [4.69, 9.17) is 36.9 Å². The van der Waals surface area contributed by atoms with Gasteiger partial charge in [0.25, 0.3) is 5.56 Å². The Balaban J connectivity index is 0.732. The Bertz CT molecular complexity index is 2900. The number of thiophene rings is 1. The highest BCUT2D eigenvalue weighted by Gasteiger charge is 2.33. The highest BCUT2D eigenvalue weighted by Crippen LogP contribution is 2.40. The van der Waals surface area contributed by atoms with Gasteiger partial charge in [0.2, 0.25) is 17.7 Å². The molecule has 2 aliphatic rings. The third kappa shape index (κ3) is 10.4. The van der Waals surface area contributed by atoms with E-state index in [1.807, 2.05) is 35.8 Å². The number of carbonyl (C=O) groups excluding carboxylic acids is 3. The van der Waals surface area contributed by atoms with E-state index in [1.165, 1.54) is 4.88 Å². The van der Waals surface area contributed by atoms with Gasteiger partial charge in [-0.05, 0) is 88.2 Å². The molecule has 2 unspecified atom stereocenters. The fourth-order valence-electron chi connectivity index (χ4n) is 7.80. The van der Waals surface area contributed by atoms with Crippen molar-refractivity contribution in [2.45, 2.75) is 59.0 Å². The molecule has 0 bridgehead atoms. The summed E-state index contributed by atoms with van der Waals surface area (Å²) in [6.07, 6.45) is -0.130. The van der Waals surface area contributed by atoms with E-state index in [9.17, 15) is 19.2 Å². The molecule has 19 heteroatoms. The van der Waals surface area contributed by atoms with E-state index in [0.29, 0.717) is 86.3 Å². The summed E-state index contributed by atoms with van der Waals surface area (Å²) in [7, 11) is 0. The first-order valence-electron chi connectivity index (χ1n) is 22.1. The summed E-state index contributed by atoms with van der Waals surface area (Å²) in [5.74, 6) is 0.615. The second-order valence-electron chi connectivity index (χ2n) is 15.6. The van der Waals surface area contributed by atoms with E-state index < -0.39 is 29.4 Å². The summed E-state index contributed by atoms with van der Waals surface area (Å²) in [5, 5.41) is 19.1. The zero-order chi connectivity index (χ0) is 47.2. The number of fused-ring (bicyclic) bond motifs is 4. The van der Waals surface area contributed by atoms with Crippen LogP contribution in [0.3, 0.4) is 0 Å². The number of ether oxygens (including phenoxy) is 4. The lowest BCUT2D eigenvalue weighted by Gasteiger charge is -2.24. The quantitative estimate of drug-likeness (QED) is 0.0600. The number of nitrogens with zero attached hydrogens (tertiary/aromatic N) is 6. The van der Waals surface area contributed by atoms with Crippen molar-refractivity contribution in [2.24, 2.45) is 4.99 Å². The van der Waals surface area contributed by atoms with Crippen LogP contribution in [0.15, 0.2) is 76.5 Å². The topological polar surface area (TPSA) is 202 Å². The first kappa shape index (κ1) is 44.9. The molecule has 5 heterocycles. The van der Waals surface area contributed by atoms with E-state index in [0.717, 1.165) is 37.8 Å². The summed E-state index contributed by atoms with van der Waals surface area (Å²) in [6, 6.07) is 17.3. The van der Waals surface area contributed by atoms with Gasteiger partial charge in [0, 0.05) is 45.4 Å². The molecule has 0 saturated carbocycles. The lowest BCUT2D eigenvalue weighted by molar-refractivity contribution is -0.135. The molecule has 0 spiro atoms. The zero-order valence-corrected chi connectivity index (χ0v) is 38.5. The number of imide groups is 1. The predicted molar refractivity (Wildman–Crippen MR) is 252 cm³/mol. The maximum absolute atomic E-state index is 13.7. The standard InChI is InChI=1S/C47H50ClN9O8S/c1-27-28(2)66-47-41(27)43(31-8-10-32(48)11-9-31)52-37(44-55-54-30(4)57(44)47)26-40(59)51-33-12-14-34(15-13-33)65-25-24-64-23-22-63-21-20-62-19-18-49-35-6-5-7-36-42(35)46(61)56(29(3)50-36)38-16-17-39(58)53-45(38)60/h5-15,37-38,49H,16-26H2,1-4H3,(H,51,59)(H,53,58,60)/i38D. The van der Waals surface area contributed by atoms with Gasteiger partial charge in [0.05, 0.1) is 64.0 Å². The number of nitrogens with one attached hydrogen (secondary N) is 3. The average Bonchev–Trinajstić information content (AvgIpc) is 3.78. The molecule has 344 valence electrons. The van der Waals surface area contributed by atoms with Crippen molar-refractivity contribution >= 4 is 68.6 Å². The number of piperidine rings is 1. The summed E-state index contributed by atoms with van der Waals surface area (Å²) >= 11 is 7.90. The number of aliphatic imine (C=N–C) groups is 1. The van der Waals surface area contributed by atoms with Crippen LogP contribution in [0.2, 0.25) is 5.02 Å². The molecule has 2 aliphatic heterocycles. The number of aromatic nitrogens is 5. The highest BCUT2D eigenvalue weighted by molar-refractivity contribution is 7.15. The van der Waals surface area contributed by atoms with Crippen LogP contribution in [0.4, 0.5) is 11.4 Å². The molecule has 6 aromatic rings. The molecule has 1 fully saturated rings. The largest absolute Gasteiger partial charge is 0.491 e. The number of rotatable bonds is 19. The molecule has 0 aliphatic carbocycles. The van der Waals surface area contributed by atoms with Crippen molar-refractivity contribution < 1.29 is 34.7 Å². The van der Waals surface area contributed by atoms with Crippen LogP contribution in [0.25, 0.3) is 15.9 Å². The van der Waals surface area contributed by atoms with Crippen LogP contribution in [0.1, 0.15) is 71.7 Å². The van der Waals surface area contributed by atoms with E-state index in [-0.39, 0.29) is 36.4 Å². The van der Waals surface area contributed by atoms with Crippen molar-refractivity contribution in [2.75, 3.05) is 63.4 Å². The third-order valence-corrected chi connectivity index (χ3v) is 12.6. The lowest BCUT2D eigenvalue weighted by atomic mass is 9.99. The second kappa shape index (κ2) is 20.9. The number of anilines is 2. The Labute approximate surface area is 390 Å². The number of halogens is 1. The summed E-state index contributed by atoms with van der Waals surface area (Å²) in [5.41, 5.74) is 4.80. The molecule has 3 N–H and O–H groups in total. The van der Waals surface area contributed by atoms with Crippen LogP contribution in [-0.4, -0.2) is 101 Å². The molecular formula is C47H50ClN9O8S. The first-order chi connectivity index (χ1) is 32.3. The van der Waals surface area contributed by atoms with Gasteiger partial charge in [-0.3, -0.25) is 38.6 Å². The Morgan fingerprint density at radius 1 is 0.894 bits per heavy atom. The van der Waals surface area contributed by atoms with Crippen LogP contribution >= 0.6 is 22.9 Å².